The zero-order valence-electron chi connectivity index (χ0n) is 9.92. The SMILES string of the molecule is CC(Nc1c(F)cc(F)cc1F)c1ccnn1C. The van der Waals surface area contributed by atoms with Gasteiger partial charge in [-0.1, -0.05) is 0 Å². The van der Waals surface area contributed by atoms with E-state index >= 15 is 0 Å². The molecule has 0 fully saturated rings. The standard InChI is InChI=1S/C12H12F3N3/c1-7(11-3-4-16-18(11)2)17-12-9(14)5-8(13)6-10(12)15/h3-7,17H,1-2H3. The van der Waals surface area contributed by atoms with E-state index in [-0.39, 0.29) is 11.7 Å². The average Bonchev–Trinajstić information content (AvgIpc) is 2.69. The van der Waals surface area contributed by atoms with Crippen molar-refractivity contribution in [3.8, 4) is 0 Å². The van der Waals surface area contributed by atoms with Gasteiger partial charge in [-0.05, 0) is 13.0 Å². The quantitative estimate of drug-likeness (QED) is 0.913. The van der Waals surface area contributed by atoms with E-state index in [0.29, 0.717) is 12.1 Å². The second kappa shape index (κ2) is 4.72. The van der Waals surface area contributed by atoms with Crippen LogP contribution in [0.1, 0.15) is 18.7 Å². The van der Waals surface area contributed by atoms with Crippen molar-refractivity contribution in [3.05, 3.63) is 47.5 Å². The summed E-state index contributed by atoms with van der Waals surface area (Å²) in [5.41, 5.74) is 0.420. The third-order valence-corrected chi connectivity index (χ3v) is 2.67. The zero-order valence-corrected chi connectivity index (χ0v) is 9.92. The summed E-state index contributed by atoms with van der Waals surface area (Å²) < 4.78 is 41.3. The van der Waals surface area contributed by atoms with Crippen LogP contribution in [0.5, 0.6) is 0 Å². The molecule has 1 heterocycles. The Morgan fingerprint density at radius 3 is 2.33 bits per heavy atom. The van der Waals surface area contributed by atoms with Crippen LogP contribution in [0, 0.1) is 17.5 Å². The van der Waals surface area contributed by atoms with Crippen LogP contribution in [0.25, 0.3) is 0 Å². The van der Waals surface area contributed by atoms with Crippen molar-refractivity contribution in [1.82, 2.24) is 9.78 Å². The molecule has 2 rings (SSSR count). The van der Waals surface area contributed by atoms with E-state index < -0.39 is 17.5 Å². The summed E-state index contributed by atoms with van der Waals surface area (Å²) in [6.07, 6.45) is 1.59. The largest absolute Gasteiger partial charge is 0.372 e. The first-order valence-corrected chi connectivity index (χ1v) is 5.38. The van der Waals surface area contributed by atoms with Gasteiger partial charge in [0.1, 0.15) is 11.5 Å². The van der Waals surface area contributed by atoms with Crippen LogP contribution in [0.4, 0.5) is 18.9 Å². The monoisotopic (exact) mass is 255 g/mol. The van der Waals surface area contributed by atoms with Crippen LogP contribution in [-0.2, 0) is 7.05 Å². The Balaban J connectivity index is 2.27. The Kier molecular flexibility index (Phi) is 3.27. The van der Waals surface area contributed by atoms with E-state index in [2.05, 4.69) is 10.4 Å². The highest BCUT2D eigenvalue weighted by molar-refractivity contribution is 5.47. The normalized spacial score (nSPS) is 12.5. The number of hydrogen-bond donors (Lipinski definition) is 1. The lowest BCUT2D eigenvalue weighted by molar-refractivity contribution is 0.543. The molecule has 0 radical (unpaired) electrons. The van der Waals surface area contributed by atoms with Crippen molar-refractivity contribution in [2.75, 3.05) is 5.32 Å². The zero-order chi connectivity index (χ0) is 13.3. The van der Waals surface area contributed by atoms with Gasteiger partial charge in [-0.3, -0.25) is 4.68 Å². The predicted octanol–water partition coefficient (Wildman–Crippen LogP) is 3.01. The van der Waals surface area contributed by atoms with Gasteiger partial charge in [0.05, 0.1) is 11.7 Å². The third kappa shape index (κ3) is 2.32. The van der Waals surface area contributed by atoms with E-state index in [1.807, 2.05) is 0 Å². The molecular formula is C12H12F3N3. The van der Waals surface area contributed by atoms with E-state index in [4.69, 9.17) is 0 Å². The number of aryl methyl sites for hydroxylation is 1. The number of nitrogens with one attached hydrogen (secondary N) is 1. The number of hydrogen-bond acceptors (Lipinski definition) is 2. The highest BCUT2D eigenvalue weighted by atomic mass is 19.1. The molecule has 0 saturated carbocycles. The molecule has 0 amide bonds. The molecule has 0 saturated heterocycles. The molecule has 0 aliphatic carbocycles. The minimum atomic E-state index is -0.957. The highest BCUT2D eigenvalue weighted by Crippen LogP contribution is 2.25. The fraction of sp³-hybridized carbons (Fsp3) is 0.250. The number of aromatic nitrogens is 2. The van der Waals surface area contributed by atoms with Gasteiger partial charge in [-0.15, -0.1) is 0 Å². The Bertz CT molecular complexity index is 542. The van der Waals surface area contributed by atoms with Crippen molar-refractivity contribution in [2.45, 2.75) is 13.0 Å². The summed E-state index contributed by atoms with van der Waals surface area (Å²) in [5.74, 6) is -2.85. The molecule has 1 aromatic heterocycles. The lowest BCUT2D eigenvalue weighted by atomic mass is 10.2. The first-order chi connectivity index (χ1) is 8.49. The lowest BCUT2D eigenvalue weighted by Crippen LogP contribution is -2.13. The maximum Gasteiger partial charge on any atom is 0.152 e. The van der Waals surface area contributed by atoms with E-state index in [9.17, 15) is 13.2 Å². The van der Waals surface area contributed by atoms with Gasteiger partial charge >= 0.3 is 0 Å². The first-order valence-electron chi connectivity index (χ1n) is 5.38. The van der Waals surface area contributed by atoms with Crippen molar-refractivity contribution in [3.63, 3.8) is 0 Å². The maximum absolute atomic E-state index is 13.4. The predicted molar refractivity (Wildman–Crippen MR) is 61.6 cm³/mol. The van der Waals surface area contributed by atoms with Crippen molar-refractivity contribution >= 4 is 5.69 Å². The molecule has 0 aliphatic rings. The second-order valence-corrected chi connectivity index (χ2v) is 3.99. The summed E-state index contributed by atoms with van der Waals surface area (Å²) in [6, 6.07) is 2.66. The molecular weight excluding hydrogens is 243 g/mol. The minimum Gasteiger partial charge on any atom is -0.372 e. The van der Waals surface area contributed by atoms with Gasteiger partial charge in [0.25, 0.3) is 0 Å². The van der Waals surface area contributed by atoms with Gasteiger partial charge < -0.3 is 5.32 Å². The molecule has 1 atom stereocenters. The number of benzene rings is 1. The Labute approximate surface area is 102 Å². The van der Waals surface area contributed by atoms with Crippen molar-refractivity contribution < 1.29 is 13.2 Å². The Morgan fingerprint density at radius 1 is 1.22 bits per heavy atom. The molecule has 96 valence electrons. The molecule has 18 heavy (non-hydrogen) atoms. The Morgan fingerprint density at radius 2 is 1.83 bits per heavy atom. The van der Waals surface area contributed by atoms with Crippen LogP contribution in [0.2, 0.25) is 0 Å². The molecule has 1 unspecified atom stereocenters. The topological polar surface area (TPSA) is 29.9 Å². The van der Waals surface area contributed by atoms with Gasteiger partial charge in [-0.2, -0.15) is 5.10 Å². The fourth-order valence-electron chi connectivity index (χ4n) is 1.78. The van der Waals surface area contributed by atoms with Gasteiger partial charge in [0.2, 0.25) is 0 Å². The summed E-state index contributed by atoms with van der Waals surface area (Å²) in [4.78, 5) is 0. The van der Waals surface area contributed by atoms with Crippen molar-refractivity contribution in [1.29, 1.82) is 0 Å². The molecule has 3 nitrogen and oxygen atoms in total. The van der Waals surface area contributed by atoms with E-state index in [0.717, 1.165) is 5.69 Å². The number of nitrogens with zero attached hydrogens (tertiary/aromatic N) is 2. The van der Waals surface area contributed by atoms with Crippen molar-refractivity contribution in [2.24, 2.45) is 7.05 Å². The van der Waals surface area contributed by atoms with Gasteiger partial charge in [0, 0.05) is 25.4 Å². The fourth-order valence-corrected chi connectivity index (χ4v) is 1.78. The van der Waals surface area contributed by atoms with Crippen LogP contribution >= 0.6 is 0 Å². The Hall–Kier alpha value is -1.98. The summed E-state index contributed by atoms with van der Waals surface area (Å²) >= 11 is 0. The minimum absolute atomic E-state index is 0.342. The maximum atomic E-state index is 13.4. The summed E-state index contributed by atoms with van der Waals surface area (Å²) in [5, 5.41) is 6.64. The summed E-state index contributed by atoms with van der Waals surface area (Å²) in [7, 11) is 1.73. The second-order valence-electron chi connectivity index (χ2n) is 3.99. The van der Waals surface area contributed by atoms with Crippen LogP contribution in [0.3, 0.4) is 0 Å². The summed E-state index contributed by atoms with van der Waals surface area (Å²) in [6.45, 7) is 1.74. The number of rotatable bonds is 3. The molecule has 2 aromatic rings. The average molecular weight is 255 g/mol. The number of halogens is 3. The van der Waals surface area contributed by atoms with Crippen LogP contribution < -0.4 is 5.32 Å². The molecule has 0 bridgehead atoms. The molecule has 0 spiro atoms. The van der Waals surface area contributed by atoms with E-state index in [1.54, 1.807) is 30.9 Å². The van der Waals surface area contributed by atoms with Gasteiger partial charge in [-0.25, -0.2) is 13.2 Å². The van der Waals surface area contributed by atoms with Gasteiger partial charge in [0.15, 0.2) is 11.6 Å². The van der Waals surface area contributed by atoms with Crippen LogP contribution in [0.15, 0.2) is 24.4 Å². The smallest absolute Gasteiger partial charge is 0.152 e. The lowest BCUT2D eigenvalue weighted by Gasteiger charge is -2.16. The third-order valence-electron chi connectivity index (χ3n) is 2.67. The highest BCUT2D eigenvalue weighted by Gasteiger charge is 2.16. The molecule has 1 aromatic carbocycles. The molecule has 0 aliphatic heterocycles. The van der Waals surface area contributed by atoms with E-state index in [1.165, 1.54) is 0 Å². The van der Waals surface area contributed by atoms with Crippen LogP contribution in [-0.4, -0.2) is 9.78 Å². The number of anilines is 1. The molecule has 6 heteroatoms. The first kappa shape index (κ1) is 12.5. The molecule has 1 N–H and O–H groups in total.